The number of rotatable bonds is 9. The normalized spacial score (nSPS) is 11.1. The van der Waals surface area contributed by atoms with E-state index in [9.17, 15) is 23.3 Å². The van der Waals surface area contributed by atoms with Crippen LogP contribution in [0.4, 0.5) is 36.3 Å². The van der Waals surface area contributed by atoms with Crippen molar-refractivity contribution >= 4 is 23.1 Å². The van der Waals surface area contributed by atoms with E-state index < -0.39 is 17.0 Å². The van der Waals surface area contributed by atoms with Crippen molar-refractivity contribution in [3.63, 3.8) is 0 Å². The van der Waals surface area contributed by atoms with Crippen LogP contribution in [0, 0.1) is 10.1 Å². The van der Waals surface area contributed by atoms with Gasteiger partial charge < -0.3 is 20.5 Å². The average Bonchev–Trinajstić information content (AvgIpc) is 2.73. The lowest BCUT2D eigenvalue weighted by Crippen LogP contribution is -2.17. The van der Waals surface area contributed by atoms with E-state index in [2.05, 4.69) is 25.3 Å². The highest BCUT2D eigenvalue weighted by atomic mass is 19.4. The summed E-state index contributed by atoms with van der Waals surface area (Å²) in [5.41, 5.74) is 1.09. The van der Waals surface area contributed by atoms with Gasteiger partial charge in [-0.05, 0) is 30.7 Å². The van der Waals surface area contributed by atoms with E-state index in [1.807, 2.05) is 0 Å². The molecule has 0 saturated heterocycles. The highest BCUT2D eigenvalue weighted by Gasteiger charge is 2.31. The number of hydrogen-bond donors (Lipinski definition) is 3. The molecule has 1 aromatic heterocycles. The maximum absolute atomic E-state index is 12.6. The Balaban J connectivity index is 1.92. The molecular formula is C20H18F3N5O4. The summed E-state index contributed by atoms with van der Waals surface area (Å²) in [4.78, 5) is 18.9. The predicted molar refractivity (Wildman–Crippen MR) is 111 cm³/mol. The third-order valence-corrected chi connectivity index (χ3v) is 4.06. The number of ether oxygens (including phenoxy) is 1. The van der Waals surface area contributed by atoms with E-state index in [1.54, 1.807) is 6.07 Å². The summed E-state index contributed by atoms with van der Waals surface area (Å²) in [5, 5.41) is 25.7. The summed E-state index contributed by atoms with van der Waals surface area (Å²) >= 11 is 0. The van der Waals surface area contributed by atoms with Gasteiger partial charge in [0, 0.05) is 42.6 Å². The van der Waals surface area contributed by atoms with Crippen LogP contribution >= 0.6 is 0 Å². The fourth-order valence-corrected chi connectivity index (χ4v) is 2.68. The summed E-state index contributed by atoms with van der Waals surface area (Å²) in [6, 6.07) is 12.5. The van der Waals surface area contributed by atoms with E-state index in [0.717, 1.165) is 0 Å². The fraction of sp³-hybridized carbons (Fsp3) is 0.200. The summed E-state index contributed by atoms with van der Waals surface area (Å²) in [6.07, 6.45) is -4.39. The van der Waals surface area contributed by atoms with Crippen LogP contribution in [0.25, 0.3) is 11.3 Å². The number of anilines is 3. The molecule has 0 unspecified atom stereocenters. The topological polar surface area (TPSA) is 122 Å². The molecule has 3 rings (SSSR count). The Morgan fingerprint density at radius 2 is 1.84 bits per heavy atom. The molecule has 0 bridgehead atoms. The number of halogens is 3. The van der Waals surface area contributed by atoms with Crippen LogP contribution < -0.4 is 15.4 Å². The SMILES string of the molecule is O=[N+]([O-])c1ccc(Nc2cc(-c3cccc(OC(F)(F)F)c3)nc(NCCCO)n2)cc1. The summed E-state index contributed by atoms with van der Waals surface area (Å²) in [5.74, 6) is 0.0910. The largest absolute Gasteiger partial charge is 0.573 e. The summed E-state index contributed by atoms with van der Waals surface area (Å²) in [7, 11) is 0. The lowest BCUT2D eigenvalue weighted by Gasteiger charge is -2.13. The highest BCUT2D eigenvalue weighted by Crippen LogP contribution is 2.29. The Bertz CT molecular complexity index is 1080. The van der Waals surface area contributed by atoms with Gasteiger partial charge in [0.1, 0.15) is 11.6 Å². The molecule has 2 aromatic carbocycles. The van der Waals surface area contributed by atoms with Gasteiger partial charge in [-0.15, -0.1) is 13.2 Å². The number of nitro groups is 1. The standard InChI is InChI=1S/C20H18F3N5O4/c21-20(22,23)32-16-4-1-3-13(11-16)17-12-18(27-19(26-17)24-9-2-10-29)25-14-5-7-15(8-6-14)28(30)31/h1,3-8,11-12,29H,2,9-10H2,(H2,24,25,26,27). The van der Waals surface area contributed by atoms with E-state index in [1.165, 1.54) is 48.5 Å². The molecule has 0 atom stereocenters. The van der Waals surface area contributed by atoms with Crippen LogP contribution in [-0.2, 0) is 0 Å². The van der Waals surface area contributed by atoms with Gasteiger partial charge in [-0.2, -0.15) is 4.98 Å². The molecule has 0 fully saturated rings. The molecule has 0 saturated carbocycles. The van der Waals surface area contributed by atoms with Crippen LogP contribution in [0.5, 0.6) is 5.75 Å². The number of benzene rings is 2. The smallest absolute Gasteiger partial charge is 0.406 e. The van der Waals surface area contributed by atoms with E-state index in [4.69, 9.17) is 5.11 Å². The molecular weight excluding hydrogens is 431 g/mol. The molecule has 12 heteroatoms. The Kier molecular flexibility index (Phi) is 7.05. The summed E-state index contributed by atoms with van der Waals surface area (Å²) in [6.45, 7) is 0.325. The first kappa shape index (κ1) is 22.7. The first-order valence-corrected chi connectivity index (χ1v) is 9.35. The number of nitro benzene ring substituents is 1. The minimum absolute atomic E-state index is 0.0442. The number of hydrogen-bond acceptors (Lipinski definition) is 8. The van der Waals surface area contributed by atoms with Crippen molar-refractivity contribution < 1.29 is 27.9 Å². The fourth-order valence-electron chi connectivity index (χ4n) is 2.68. The molecule has 3 aromatic rings. The molecule has 9 nitrogen and oxygen atoms in total. The van der Waals surface area contributed by atoms with Crippen molar-refractivity contribution in [3.05, 3.63) is 64.7 Å². The number of aliphatic hydroxyl groups is 1. The van der Waals surface area contributed by atoms with Crippen LogP contribution in [-0.4, -0.2) is 39.5 Å². The van der Waals surface area contributed by atoms with Crippen molar-refractivity contribution in [2.24, 2.45) is 0 Å². The van der Waals surface area contributed by atoms with Crippen molar-refractivity contribution in [3.8, 4) is 17.0 Å². The number of aliphatic hydroxyl groups excluding tert-OH is 1. The summed E-state index contributed by atoms with van der Waals surface area (Å²) < 4.78 is 41.7. The zero-order chi connectivity index (χ0) is 23.1. The monoisotopic (exact) mass is 449 g/mol. The van der Waals surface area contributed by atoms with Gasteiger partial charge in [-0.3, -0.25) is 10.1 Å². The maximum Gasteiger partial charge on any atom is 0.573 e. The predicted octanol–water partition coefficient (Wildman–Crippen LogP) is 4.49. The molecule has 32 heavy (non-hydrogen) atoms. The molecule has 0 aliphatic carbocycles. The van der Waals surface area contributed by atoms with Crippen molar-refractivity contribution in [2.45, 2.75) is 12.8 Å². The van der Waals surface area contributed by atoms with Gasteiger partial charge in [0.25, 0.3) is 5.69 Å². The van der Waals surface area contributed by atoms with Crippen LogP contribution in [0.1, 0.15) is 6.42 Å². The second-order valence-corrected chi connectivity index (χ2v) is 6.47. The Hall–Kier alpha value is -3.93. The Morgan fingerprint density at radius 1 is 1.09 bits per heavy atom. The molecule has 0 amide bonds. The van der Waals surface area contributed by atoms with Gasteiger partial charge in [0.05, 0.1) is 10.6 Å². The number of nitrogens with one attached hydrogen (secondary N) is 2. The first-order chi connectivity index (χ1) is 15.2. The van der Waals surface area contributed by atoms with Gasteiger partial charge in [-0.1, -0.05) is 12.1 Å². The van der Waals surface area contributed by atoms with Gasteiger partial charge in [0.2, 0.25) is 5.95 Å². The first-order valence-electron chi connectivity index (χ1n) is 9.35. The lowest BCUT2D eigenvalue weighted by atomic mass is 10.1. The van der Waals surface area contributed by atoms with Gasteiger partial charge >= 0.3 is 6.36 Å². The van der Waals surface area contributed by atoms with Crippen LogP contribution in [0.2, 0.25) is 0 Å². The molecule has 3 N–H and O–H groups in total. The number of alkyl halides is 3. The van der Waals surface area contributed by atoms with Crippen LogP contribution in [0.3, 0.4) is 0 Å². The number of nitrogens with zero attached hydrogens (tertiary/aromatic N) is 3. The molecule has 0 aliphatic rings. The molecule has 0 aliphatic heterocycles. The molecule has 1 heterocycles. The lowest BCUT2D eigenvalue weighted by molar-refractivity contribution is -0.384. The maximum atomic E-state index is 12.6. The van der Waals surface area contributed by atoms with Gasteiger partial charge in [0.15, 0.2) is 0 Å². The van der Waals surface area contributed by atoms with Crippen molar-refractivity contribution in [2.75, 3.05) is 23.8 Å². The van der Waals surface area contributed by atoms with Crippen molar-refractivity contribution in [1.82, 2.24) is 9.97 Å². The average molecular weight is 449 g/mol. The number of aromatic nitrogens is 2. The number of non-ortho nitro benzene ring substituents is 1. The zero-order valence-corrected chi connectivity index (χ0v) is 16.5. The van der Waals surface area contributed by atoms with E-state index >= 15 is 0 Å². The molecule has 0 spiro atoms. The van der Waals surface area contributed by atoms with E-state index in [-0.39, 0.29) is 18.2 Å². The Labute approximate surface area is 180 Å². The zero-order valence-electron chi connectivity index (χ0n) is 16.5. The second kappa shape index (κ2) is 9.92. The second-order valence-electron chi connectivity index (χ2n) is 6.47. The minimum Gasteiger partial charge on any atom is -0.406 e. The third-order valence-electron chi connectivity index (χ3n) is 4.06. The molecule has 0 radical (unpaired) electrons. The molecule has 168 valence electrons. The quantitative estimate of drug-likeness (QED) is 0.248. The minimum atomic E-state index is -4.83. The van der Waals surface area contributed by atoms with Crippen molar-refractivity contribution in [1.29, 1.82) is 0 Å². The van der Waals surface area contributed by atoms with Gasteiger partial charge in [-0.25, -0.2) is 4.98 Å². The third kappa shape index (κ3) is 6.54. The van der Waals surface area contributed by atoms with E-state index in [0.29, 0.717) is 35.7 Å². The highest BCUT2D eigenvalue weighted by molar-refractivity contribution is 5.68. The van der Waals surface area contributed by atoms with Crippen LogP contribution in [0.15, 0.2) is 54.6 Å². The Morgan fingerprint density at radius 3 is 2.50 bits per heavy atom.